The van der Waals surface area contributed by atoms with Gasteiger partial charge < -0.3 is 20.9 Å². The molecule has 4 N–H and O–H groups in total. The average Bonchev–Trinajstić information content (AvgIpc) is 3.33. The van der Waals surface area contributed by atoms with Crippen LogP contribution in [0.2, 0.25) is 0 Å². The first-order valence-electron chi connectivity index (χ1n) is 15.5. The van der Waals surface area contributed by atoms with Crippen LogP contribution in [0.3, 0.4) is 0 Å². The summed E-state index contributed by atoms with van der Waals surface area (Å²) in [5.74, 6) is -1.83. The zero-order valence-corrected chi connectivity index (χ0v) is 24.0. The van der Waals surface area contributed by atoms with E-state index in [1.54, 1.807) is 0 Å². The second-order valence-electron chi connectivity index (χ2n) is 12.0. The maximum Gasteiger partial charge on any atom is 0.249 e. The molecule has 2 aromatic rings. The molecule has 0 unspecified atom stereocenters. The Balaban J connectivity index is 1.66. The van der Waals surface area contributed by atoms with Gasteiger partial charge in [0.25, 0.3) is 0 Å². The van der Waals surface area contributed by atoms with Gasteiger partial charge in [-0.15, -0.1) is 0 Å². The van der Waals surface area contributed by atoms with E-state index in [-0.39, 0.29) is 5.92 Å². The van der Waals surface area contributed by atoms with Crippen LogP contribution in [0.25, 0.3) is 0 Å². The van der Waals surface area contributed by atoms with Gasteiger partial charge in [0.1, 0.15) is 0 Å². The molecular weight excluding hydrogens is 500 g/mol. The van der Waals surface area contributed by atoms with E-state index in [0.717, 1.165) is 38.5 Å². The SMILES string of the molecule is NC(=O)[C@H]1OC2(CCCCCCCCCCCC[C@H](C(Cc3ccccc3)Cc3ccccc3)C2)O[C@@H]1C(N)=O. The summed E-state index contributed by atoms with van der Waals surface area (Å²) in [7, 11) is 0. The molecule has 218 valence electrons. The highest BCUT2D eigenvalue weighted by Gasteiger charge is 2.53. The fraction of sp³-hybridized carbons (Fsp3) is 0.588. The molecule has 2 aromatic carbocycles. The number of amides is 2. The molecule has 2 amide bonds. The highest BCUT2D eigenvalue weighted by atomic mass is 16.8. The number of primary amides is 2. The number of benzene rings is 2. The lowest BCUT2D eigenvalue weighted by molar-refractivity contribution is -0.197. The van der Waals surface area contributed by atoms with Gasteiger partial charge in [0.15, 0.2) is 18.0 Å². The number of nitrogens with two attached hydrogens (primary N) is 2. The summed E-state index contributed by atoms with van der Waals surface area (Å²) < 4.78 is 12.8. The van der Waals surface area contributed by atoms with Crippen molar-refractivity contribution in [1.82, 2.24) is 0 Å². The van der Waals surface area contributed by atoms with E-state index in [1.165, 1.54) is 56.1 Å². The Morgan fingerprint density at radius 2 is 1.10 bits per heavy atom. The van der Waals surface area contributed by atoms with E-state index in [1.807, 2.05) is 0 Å². The number of rotatable bonds is 7. The van der Waals surface area contributed by atoms with E-state index in [4.69, 9.17) is 20.9 Å². The highest BCUT2D eigenvalue weighted by molar-refractivity contribution is 5.90. The molecule has 1 saturated carbocycles. The van der Waals surface area contributed by atoms with Crippen molar-refractivity contribution in [2.45, 2.75) is 114 Å². The van der Waals surface area contributed by atoms with Crippen LogP contribution in [0.15, 0.2) is 60.7 Å². The Labute approximate surface area is 240 Å². The van der Waals surface area contributed by atoms with Gasteiger partial charge in [-0.1, -0.05) is 118 Å². The Morgan fingerprint density at radius 1 is 0.675 bits per heavy atom. The van der Waals surface area contributed by atoms with Crippen LogP contribution < -0.4 is 11.5 Å². The third-order valence-electron chi connectivity index (χ3n) is 8.82. The van der Waals surface area contributed by atoms with Crippen LogP contribution in [0.5, 0.6) is 0 Å². The second kappa shape index (κ2) is 15.3. The van der Waals surface area contributed by atoms with Gasteiger partial charge in [-0.25, -0.2) is 0 Å². The third kappa shape index (κ3) is 8.90. The Hall–Kier alpha value is -2.70. The normalized spacial score (nSPS) is 24.8. The Morgan fingerprint density at radius 3 is 1.55 bits per heavy atom. The molecule has 1 aliphatic heterocycles. The minimum Gasteiger partial charge on any atom is -0.367 e. The minimum absolute atomic E-state index is 0.269. The average molecular weight is 549 g/mol. The van der Waals surface area contributed by atoms with Crippen molar-refractivity contribution in [1.29, 1.82) is 0 Å². The zero-order valence-electron chi connectivity index (χ0n) is 24.0. The van der Waals surface area contributed by atoms with Crippen molar-refractivity contribution in [3.63, 3.8) is 0 Å². The van der Waals surface area contributed by atoms with Crippen molar-refractivity contribution in [3.8, 4) is 0 Å². The molecule has 1 spiro atoms. The fourth-order valence-electron chi connectivity index (χ4n) is 6.70. The lowest BCUT2D eigenvalue weighted by Gasteiger charge is -2.36. The van der Waals surface area contributed by atoms with Crippen molar-refractivity contribution in [2.75, 3.05) is 0 Å². The van der Waals surface area contributed by atoms with Crippen LogP contribution in [0.4, 0.5) is 0 Å². The quantitative estimate of drug-likeness (QED) is 0.427. The first-order chi connectivity index (χ1) is 19.5. The predicted octanol–water partition coefficient (Wildman–Crippen LogP) is 6.24. The van der Waals surface area contributed by atoms with Crippen LogP contribution in [0.1, 0.15) is 94.6 Å². The molecule has 3 atom stereocenters. The zero-order chi connectivity index (χ0) is 28.2. The van der Waals surface area contributed by atoms with E-state index in [2.05, 4.69) is 60.7 Å². The van der Waals surface area contributed by atoms with Gasteiger partial charge in [-0.2, -0.15) is 0 Å². The number of carbonyl (C=O) groups excluding carboxylic acids is 2. The van der Waals surface area contributed by atoms with Crippen LogP contribution in [-0.4, -0.2) is 29.8 Å². The molecule has 4 rings (SSSR count). The van der Waals surface area contributed by atoms with Crippen molar-refractivity contribution in [3.05, 3.63) is 71.8 Å². The van der Waals surface area contributed by atoms with Gasteiger partial charge in [0, 0.05) is 12.8 Å². The molecule has 0 bridgehead atoms. The minimum atomic E-state index is -1.15. The lowest BCUT2D eigenvalue weighted by Crippen LogP contribution is -2.44. The fourth-order valence-corrected chi connectivity index (χ4v) is 6.70. The summed E-state index contributed by atoms with van der Waals surface area (Å²) >= 11 is 0. The molecule has 1 heterocycles. The Kier molecular flexibility index (Phi) is 11.6. The maximum absolute atomic E-state index is 12.3. The number of ether oxygens (including phenoxy) is 2. The van der Waals surface area contributed by atoms with Crippen LogP contribution >= 0.6 is 0 Å². The topological polar surface area (TPSA) is 105 Å². The molecule has 6 heteroatoms. The lowest BCUT2D eigenvalue weighted by atomic mass is 9.75. The standard InChI is InChI=1S/C34H48N2O4/c35-32(37)30-31(33(36)38)40-34(39-30)22-16-8-6-4-2-1-3-5-7-15-21-28(25-34)29(23-26-17-11-9-12-18-26)24-27-19-13-10-14-20-27/h9-14,17-20,28-31H,1-8,15-16,21-25H2,(H2,35,37)(H2,36,38)/t28-,30-,31-/m0/s1. The largest absolute Gasteiger partial charge is 0.367 e. The monoisotopic (exact) mass is 548 g/mol. The summed E-state index contributed by atoms with van der Waals surface area (Å²) in [5, 5.41) is 0. The summed E-state index contributed by atoms with van der Waals surface area (Å²) in [4.78, 5) is 24.7. The number of hydrogen-bond acceptors (Lipinski definition) is 4. The van der Waals surface area contributed by atoms with Crippen molar-refractivity contribution >= 4 is 11.8 Å². The summed E-state index contributed by atoms with van der Waals surface area (Å²) in [5.41, 5.74) is 14.0. The first-order valence-corrected chi connectivity index (χ1v) is 15.5. The van der Waals surface area contributed by atoms with E-state index < -0.39 is 29.8 Å². The summed E-state index contributed by atoms with van der Waals surface area (Å²) in [6.07, 6.45) is 13.8. The Bertz CT molecular complexity index is 981. The molecule has 40 heavy (non-hydrogen) atoms. The first kappa shape index (κ1) is 30.3. The number of hydrogen-bond donors (Lipinski definition) is 2. The third-order valence-corrected chi connectivity index (χ3v) is 8.82. The van der Waals surface area contributed by atoms with Crippen molar-refractivity contribution < 1.29 is 19.1 Å². The molecule has 6 nitrogen and oxygen atoms in total. The molecule has 1 aliphatic carbocycles. The smallest absolute Gasteiger partial charge is 0.249 e. The number of carbonyl (C=O) groups is 2. The van der Waals surface area contributed by atoms with Gasteiger partial charge in [-0.3, -0.25) is 9.59 Å². The van der Waals surface area contributed by atoms with Gasteiger partial charge in [0.05, 0.1) is 0 Å². The van der Waals surface area contributed by atoms with E-state index in [9.17, 15) is 9.59 Å². The molecule has 2 fully saturated rings. The van der Waals surface area contributed by atoms with Crippen LogP contribution in [-0.2, 0) is 31.9 Å². The van der Waals surface area contributed by atoms with Gasteiger partial charge in [0.2, 0.25) is 11.8 Å². The van der Waals surface area contributed by atoms with E-state index in [0.29, 0.717) is 18.8 Å². The van der Waals surface area contributed by atoms with Crippen molar-refractivity contribution in [2.24, 2.45) is 23.3 Å². The summed E-state index contributed by atoms with van der Waals surface area (Å²) in [6, 6.07) is 21.3. The predicted molar refractivity (Wildman–Crippen MR) is 158 cm³/mol. The van der Waals surface area contributed by atoms with Gasteiger partial charge in [-0.05, 0) is 48.6 Å². The highest BCUT2D eigenvalue weighted by Crippen LogP contribution is 2.43. The molecule has 0 aromatic heterocycles. The molecule has 2 aliphatic rings. The molecule has 1 saturated heterocycles. The maximum atomic E-state index is 12.3. The summed E-state index contributed by atoms with van der Waals surface area (Å²) in [6.45, 7) is 0. The second-order valence-corrected chi connectivity index (χ2v) is 12.0. The van der Waals surface area contributed by atoms with Crippen LogP contribution in [0, 0.1) is 11.8 Å². The molecule has 0 radical (unpaired) electrons. The molecular formula is C34H48N2O4. The van der Waals surface area contributed by atoms with Gasteiger partial charge >= 0.3 is 0 Å². The van der Waals surface area contributed by atoms with E-state index >= 15 is 0 Å².